The average Bonchev–Trinajstić information content (AvgIpc) is 3.46. The lowest BCUT2D eigenvalue weighted by Crippen LogP contribution is -2.68. The molecule has 1 saturated carbocycles. The lowest BCUT2D eigenvalue weighted by Gasteiger charge is -2.54. The summed E-state index contributed by atoms with van der Waals surface area (Å²) in [6.45, 7) is 10.5. The van der Waals surface area contributed by atoms with E-state index in [1.165, 1.54) is 10.4 Å². The van der Waals surface area contributed by atoms with Gasteiger partial charge in [0.1, 0.15) is 6.04 Å². The number of piperidine rings is 1. The van der Waals surface area contributed by atoms with Crippen LogP contribution in [-0.2, 0) is 25.3 Å². The second-order valence-electron chi connectivity index (χ2n) is 14.1. The van der Waals surface area contributed by atoms with Crippen LogP contribution in [0.1, 0.15) is 52.5 Å². The highest BCUT2D eigenvalue weighted by Gasteiger charge is 2.67. The predicted octanol–water partition coefficient (Wildman–Crippen LogP) is 5.42. The first-order valence-corrected chi connectivity index (χ1v) is 18.6. The summed E-state index contributed by atoms with van der Waals surface area (Å²) in [5.41, 5.74) is 0.0606. The molecule has 7 nitrogen and oxygen atoms in total. The van der Waals surface area contributed by atoms with Crippen molar-refractivity contribution < 1.29 is 23.5 Å². The Morgan fingerprint density at radius 1 is 0.891 bits per heavy atom. The summed E-state index contributed by atoms with van der Waals surface area (Å²) in [6.07, 6.45) is 0.976. The molecule has 0 radical (unpaired) electrons. The van der Waals surface area contributed by atoms with Crippen molar-refractivity contribution in [1.29, 1.82) is 0 Å². The van der Waals surface area contributed by atoms with Crippen molar-refractivity contribution in [1.82, 2.24) is 9.80 Å². The van der Waals surface area contributed by atoms with E-state index in [0.29, 0.717) is 32.7 Å². The van der Waals surface area contributed by atoms with E-state index in [-0.39, 0.29) is 41.6 Å². The lowest BCUT2D eigenvalue weighted by atomic mass is 9.55. The standard InChI is InChI=1S/C38H46N2O5Si/c1-5-44-36(43)40-24-22-38-32(21-23-39(35(38)42)26-28-15-9-6-10-16-28)29(25-33(41)34(38)40)27-45-46(37(2,3)4,30-17-11-7-12-18-30)31-19-13-8-14-20-31/h6-20,29,32,34H,5,21-27H2,1-4H3/t29-,32-,34-,38-/m0/s1. The van der Waals surface area contributed by atoms with E-state index in [1.807, 2.05) is 47.4 Å². The molecule has 3 aromatic carbocycles. The Morgan fingerprint density at radius 3 is 2.04 bits per heavy atom. The zero-order valence-corrected chi connectivity index (χ0v) is 28.5. The molecule has 2 aliphatic heterocycles. The van der Waals surface area contributed by atoms with Crippen molar-refractivity contribution in [2.45, 2.75) is 64.6 Å². The SMILES string of the molecule is CCOC(=O)N1CC[C@]23C(=O)N(Cc4ccccc4)CC[C@H]2[C@H](CO[Si](c2ccccc2)(c2ccccc2)C(C)(C)C)CC(=O)[C@H]13. The van der Waals surface area contributed by atoms with Crippen LogP contribution in [0.25, 0.3) is 0 Å². The fourth-order valence-corrected chi connectivity index (χ4v) is 13.3. The van der Waals surface area contributed by atoms with Gasteiger partial charge in [-0.1, -0.05) is 112 Å². The van der Waals surface area contributed by atoms with Crippen LogP contribution in [0.2, 0.25) is 5.04 Å². The number of carbonyl (C=O) groups excluding carboxylic acids is 3. The number of likely N-dealkylation sites (tertiary alicyclic amines) is 2. The van der Waals surface area contributed by atoms with E-state index < -0.39 is 25.9 Å². The van der Waals surface area contributed by atoms with E-state index in [1.54, 1.807) is 11.8 Å². The molecule has 8 heteroatoms. The first kappa shape index (κ1) is 32.2. The van der Waals surface area contributed by atoms with Crippen molar-refractivity contribution in [3.8, 4) is 0 Å². The van der Waals surface area contributed by atoms with Crippen molar-refractivity contribution in [2.24, 2.45) is 17.3 Å². The maximum absolute atomic E-state index is 14.8. The summed E-state index contributed by atoms with van der Waals surface area (Å²) in [6, 6.07) is 30.2. The van der Waals surface area contributed by atoms with Crippen LogP contribution in [0.4, 0.5) is 4.79 Å². The Labute approximate surface area is 274 Å². The van der Waals surface area contributed by atoms with Crippen LogP contribution >= 0.6 is 0 Å². The Morgan fingerprint density at radius 2 is 1.48 bits per heavy atom. The number of benzene rings is 3. The molecule has 0 aromatic heterocycles. The first-order chi connectivity index (χ1) is 22.1. The van der Waals surface area contributed by atoms with Crippen molar-refractivity contribution in [2.75, 3.05) is 26.3 Å². The van der Waals surface area contributed by atoms with Crippen molar-refractivity contribution >= 4 is 36.5 Å². The fraction of sp³-hybridized carbons (Fsp3) is 0.447. The minimum Gasteiger partial charge on any atom is -0.450 e. The van der Waals surface area contributed by atoms with Crippen LogP contribution in [0, 0.1) is 17.3 Å². The molecule has 4 atom stereocenters. The van der Waals surface area contributed by atoms with Gasteiger partial charge in [0.05, 0.1) is 12.0 Å². The van der Waals surface area contributed by atoms with Crippen LogP contribution < -0.4 is 10.4 Å². The molecule has 0 unspecified atom stereocenters. The number of hydrogen-bond donors (Lipinski definition) is 0. The zero-order valence-electron chi connectivity index (χ0n) is 27.5. The third kappa shape index (κ3) is 5.39. The Bertz CT molecular complexity index is 1500. The van der Waals surface area contributed by atoms with Gasteiger partial charge in [-0.15, -0.1) is 0 Å². The molecule has 2 saturated heterocycles. The third-order valence-electron chi connectivity index (χ3n) is 10.6. The van der Waals surface area contributed by atoms with Gasteiger partial charge in [-0.3, -0.25) is 14.5 Å². The third-order valence-corrected chi connectivity index (χ3v) is 15.6. The van der Waals surface area contributed by atoms with E-state index >= 15 is 0 Å². The minimum atomic E-state index is -2.86. The molecule has 3 fully saturated rings. The minimum absolute atomic E-state index is 0.0205. The summed E-state index contributed by atoms with van der Waals surface area (Å²) in [5.74, 6) is -0.316. The number of carbonyl (C=O) groups is 3. The highest BCUT2D eigenvalue weighted by Crippen LogP contribution is 2.56. The highest BCUT2D eigenvalue weighted by molar-refractivity contribution is 6.99. The monoisotopic (exact) mass is 638 g/mol. The molecule has 0 N–H and O–H groups in total. The van der Waals surface area contributed by atoms with Crippen molar-refractivity contribution in [3.63, 3.8) is 0 Å². The quantitative estimate of drug-likeness (QED) is 0.308. The van der Waals surface area contributed by atoms with Gasteiger partial charge in [-0.2, -0.15) is 0 Å². The Balaban J connectivity index is 1.38. The van der Waals surface area contributed by atoms with Gasteiger partial charge in [-0.25, -0.2) is 4.79 Å². The molecule has 6 rings (SSSR count). The summed E-state index contributed by atoms with van der Waals surface area (Å²) in [7, 11) is -2.86. The van der Waals surface area contributed by atoms with Crippen LogP contribution in [0.3, 0.4) is 0 Å². The van der Waals surface area contributed by atoms with Gasteiger partial charge in [0, 0.05) is 32.7 Å². The number of Topliss-reactive ketones (excluding diaryl/α,β-unsaturated/α-hetero) is 1. The summed E-state index contributed by atoms with van der Waals surface area (Å²) >= 11 is 0. The molecule has 1 spiro atoms. The summed E-state index contributed by atoms with van der Waals surface area (Å²) in [5, 5.41) is 2.16. The van der Waals surface area contributed by atoms with Crippen LogP contribution in [0.15, 0.2) is 91.0 Å². The maximum Gasteiger partial charge on any atom is 0.410 e. The van der Waals surface area contributed by atoms with Gasteiger partial charge >= 0.3 is 6.09 Å². The molecule has 2 heterocycles. The average molecular weight is 639 g/mol. The Kier molecular flexibility index (Phi) is 8.96. The topological polar surface area (TPSA) is 76.2 Å². The number of ether oxygens (including phenoxy) is 1. The molecular formula is C38H46N2O5Si. The maximum atomic E-state index is 14.8. The molecule has 3 aliphatic rings. The molecular weight excluding hydrogens is 593 g/mol. The second kappa shape index (κ2) is 12.8. The normalized spacial score (nSPS) is 24.8. The number of nitrogens with zero attached hydrogens (tertiary/aromatic N) is 2. The van der Waals surface area contributed by atoms with E-state index in [4.69, 9.17) is 9.16 Å². The second-order valence-corrected chi connectivity index (χ2v) is 18.4. The highest BCUT2D eigenvalue weighted by atomic mass is 28.4. The molecule has 3 aromatic rings. The smallest absolute Gasteiger partial charge is 0.410 e. The number of rotatable bonds is 8. The largest absolute Gasteiger partial charge is 0.450 e. The van der Waals surface area contributed by atoms with Crippen LogP contribution in [-0.4, -0.2) is 68.2 Å². The zero-order chi connectivity index (χ0) is 32.5. The van der Waals surface area contributed by atoms with Gasteiger partial charge < -0.3 is 14.1 Å². The first-order valence-electron chi connectivity index (χ1n) is 16.7. The van der Waals surface area contributed by atoms with E-state index in [2.05, 4.69) is 69.3 Å². The van der Waals surface area contributed by atoms with Gasteiger partial charge in [0.15, 0.2) is 5.78 Å². The van der Waals surface area contributed by atoms with E-state index in [9.17, 15) is 14.4 Å². The number of hydrogen-bond acceptors (Lipinski definition) is 5. The lowest BCUT2D eigenvalue weighted by molar-refractivity contribution is -0.167. The molecule has 1 aliphatic carbocycles. The number of amides is 2. The summed E-state index contributed by atoms with van der Waals surface area (Å²) in [4.78, 5) is 45.6. The Hall–Kier alpha value is -3.75. The number of ketones is 1. The summed E-state index contributed by atoms with van der Waals surface area (Å²) < 4.78 is 12.8. The van der Waals surface area contributed by atoms with Gasteiger partial charge in [0.2, 0.25) is 5.91 Å². The van der Waals surface area contributed by atoms with Crippen molar-refractivity contribution in [3.05, 3.63) is 96.6 Å². The van der Waals surface area contributed by atoms with E-state index in [0.717, 1.165) is 12.0 Å². The van der Waals surface area contributed by atoms with Gasteiger partial charge in [-0.05, 0) is 52.6 Å². The molecule has 2 amide bonds. The molecule has 46 heavy (non-hydrogen) atoms. The van der Waals surface area contributed by atoms with Gasteiger partial charge in [0.25, 0.3) is 8.32 Å². The predicted molar refractivity (Wildman–Crippen MR) is 181 cm³/mol. The van der Waals surface area contributed by atoms with Crippen LogP contribution in [0.5, 0.6) is 0 Å². The molecule has 0 bridgehead atoms. The fourth-order valence-electron chi connectivity index (χ4n) is 8.72. The molecule has 242 valence electrons.